The van der Waals surface area contributed by atoms with Crippen molar-refractivity contribution < 1.29 is 4.79 Å². The summed E-state index contributed by atoms with van der Waals surface area (Å²) in [5.41, 5.74) is 5.83. The van der Waals surface area contributed by atoms with Crippen molar-refractivity contribution in [3.8, 4) is 0 Å². The summed E-state index contributed by atoms with van der Waals surface area (Å²) >= 11 is 0. The fraction of sp³-hybridized carbons (Fsp3) is 0.917. The highest BCUT2D eigenvalue weighted by Crippen LogP contribution is 2.15. The van der Waals surface area contributed by atoms with Gasteiger partial charge in [0.1, 0.15) is 0 Å². The molecule has 1 saturated heterocycles. The first-order chi connectivity index (χ1) is 7.54. The molecule has 1 aliphatic rings. The van der Waals surface area contributed by atoms with Gasteiger partial charge in [-0.1, -0.05) is 13.3 Å². The molecule has 2 N–H and O–H groups in total. The van der Waals surface area contributed by atoms with Gasteiger partial charge in [0.25, 0.3) is 0 Å². The Morgan fingerprint density at radius 1 is 1.59 bits per heavy atom. The van der Waals surface area contributed by atoms with E-state index >= 15 is 0 Å². The highest BCUT2D eigenvalue weighted by molar-refractivity contribution is 5.85. The number of amides is 1. The zero-order valence-electron chi connectivity index (χ0n) is 11.2. The Bertz CT molecular complexity index is 238. The van der Waals surface area contributed by atoms with E-state index in [-0.39, 0.29) is 24.4 Å². The van der Waals surface area contributed by atoms with Gasteiger partial charge in [-0.2, -0.15) is 0 Å². The molecule has 4 nitrogen and oxygen atoms in total. The second kappa shape index (κ2) is 7.90. The first kappa shape index (κ1) is 16.7. The number of carbonyl (C=O) groups excluding carboxylic acids is 1. The van der Waals surface area contributed by atoms with Crippen molar-refractivity contribution in [2.45, 2.75) is 32.2 Å². The van der Waals surface area contributed by atoms with Crippen LogP contribution in [0.1, 0.15) is 26.2 Å². The van der Waals surface area contributed by atoms with Crippen LogP contribution in [0.4, 0.5) is 0 Å². The molecular weight excluding hydrogens is 238 g/mol. The van der Waals surface area contributed by atoms with Crippen LogP contribution in [0, 0.1) is 5.92 Å². The van der Waals surface area contributed by atoms with Crippen LogP contribution in [0.3, 0.4) is 0 Å². The predicted molar refractivity (Wildman–Crippen MR) is 73.4 cm³/mol. The standard InChI is InChI=1S/C12H25N3O.ClH/c1-4-5-11(13)12(16)15(3)9-10-6-7-14(2)8-10;/h10-11H,4-9,13H2,1-3H3;1H. The van der Waals surface area contributed by atoms with Gasteiger partial charge in [-0.25, -0.2) is 0 Å². The molecule has 1 heterocycles. The minimum atomic E-state index is -0.311. The van der Waals surface area contributed by atoms with Crippen molar-refractivity contribution in [3.05, 3.63) is 0 Å². The van der Waals surface area contributed by atoms with Gasteiger partial charge >= 0.3 is 0 Å². The minimum Gasteiger partial charge on any atom is -0.344 e. The van der Waals surface area contributed by atoms with E-state index in [1.54, 1.807) is 0 Å². The van der Waals surface area contributed by atoms with Crippen molar-refractivity contribution in [2.24, 2.45) is 11.7 Å². The fourth-order valence-electron chi connectivity index (χ4n) is 2.37. The summed E-state index contributed by atoms with van der Waals surface area (Å²) in [6.45, 7) is 5.15. The van der Waals surface area contributed by atoms with Gasteiger partial charge in [-0.15, -0.1) is 12.4 Å². The van der Waals surface area contributed by atoms with Crippen LogP contribution in [0.25, 0.3) is 0 Å². The number of likely N-dealkylation sites (tertiary alicyclic amines) is 1. The van der Waals surface area contributed by atoms with Gasteiger partial charge < -0.3 is 15.5 Å². The fourth-order valence-corrected chi connectivity index (χ4v) is 2.37. The maximum Gasteiger partial charge on any atom is 0.239 e. The SMILES string of the molecule is CCCC(N)C(=O)N(C)CC1CCN(C)C1.Cl. The smallest absolute Gasteiger partial charge is 0.239 e. The molecule has 2 atom stereocenters. The van der Waals surface area contributed by atoms with Crippen LogP contribution in [-0.4, -0.2) is 55.5 Å². The normalized spacial score (nSPS) is 22.0. The van der Waals surface area contributed by atoms with Gasteiger partial charge in [-0.3, -0.25) is 4.79 Å². The van der Waals surface area contributed by atoms with Crippen LogP contribution < -0.4 is 5.73 Å². The summed E-state index contributed by atoms with van der Waals surface area (Å²) in [6, 6.07) is -0.311. The van der Waals surface area contributed by atoms with Gasteiger partial charge in [0.05, 0.1) is 6.04 Å². The van der Waals surface area contributed by atoms with E-state index in [1.807, 2.05) is 11.9 Å². The molecule has 2 unspecified atom stereocenters. The second-order valence-electron chi connectivity index (χ2n) is 5.03. The van der Waals surface area contributed by atoms with Crippen molar-refractivity contribution in [1.82, 2.24) is 9.80 Å². The lowest BCUT2D eigenvalue weighted by Gasteiger charge is -2.24. The van der Waals surface area contributed by atoms with E-state index in [1.165, 1.54) is 6.42 Å². The van der Waals surface area contributed by atoms with Crippen LogP contribution in [0.5, 0.6) is 0 Å². The molecule has 1 amide bonds. The molecule has 17 heavy (non-hydrogen) atoms. The molecule has 0 aromatic rings. The number of carbonyl (C=O) groups is 1. The van der Waals surface area contributed by atoms with Gasteiger partial charge in [0, 0.05) is 20.1 Å². The topological polar surface area (TPSA) is 49.6 Å². The molecule has 1 rings (SSSR count). The van der Waals surface area contributed by atoms with Gasteiger partial charge in [-0.05, 0) is 32.4 Å². The number of nitrogens with zero attached hydrogens (tertiary/aromatic N) is 2. The molecule has 0 saturated carbocycles. The average Bonchev–Trinajstić information content (AvgIpc) is 2.63. The number of hydrogen-bond donors (Lipinski definition) is 1. The lowest BCUT2D eigenvalue weighted by molar-refractivity contribution is -0.131. The molecule has 0 bridgehead atoms. The van der Waals surface area contributed by atoms with Crippen LogP contribution in [0.15, 0.2) is 0 Å². The van der Waals surface area contributed by atoms with E-state index in [9.17, 15) is 4.79 Å². The zero-order chi connectivity index (χ0) is 12.1. The van der Waals surface area contributed by atoms with E-state index in [0.29, 0.717) is 5.92 Å². The molecule has 0 aromatic carbocycles. The average molecular weight is 264 g/mol. The number of halogens is 1. The Labute approximate surface area is 111 Å². The Balaban J connectivity index is 0.00000256. The zero-order valence-corrected chi connectivity index (χ0v) is 12.0. The van der Waals surface area contributed by atoms with Crippen molar-refractivity contribution >= 4 is 18.3 Å². The maximum absolute atomic E-state index is 11.9. The second-order valence-corrected chi connectivity index (χ2v) is 5.03. The first-order valence-corrected chi connectivity index (χ1v) is 6.23. The van der Waals surface area contributed by atoms with E-state index in [2.05, 4.69) is 18.9 Å². The molecule has 1 fully saturated rings. The monoisotopic (exact) mass is 263 g/mol. The largest absolute Gasteiger partial charge is 0.344 e. The maximum atomic E-state index is 11.9. The summed E-state index contributed by atoms with van der Waals surface area (Å²) in [5.74, 6) is 0.712. The van der Waals surface area contributed by atoms with Gasteiger partial charge in [0.15, 0.2) is 0 Å². The number of hydrogen-bond acceptors (Lipinski definition) is 3. The predicted octanol–water partition coefficient (Wildman–Crippen LogP) is 0.946. The number of nitrogens with two attached hydrogens (primary N) is 1. The first-order valence-electron chi connectivity index (χ1n) is 6.23. The Morgan fingerprint density at radius 3 is 2.71 bits per heavy atom. The van der Waals surface area contributed by atoms with E-state index in [0.717, 1.165) is 32.5 Å². The summed E-state index contributed by atoms with van der Waals surface area (Å²) in [6.07, 6.45) is 2.94. The Morgan fingerprint density at radius 2 is 2.24 bits per heavy atom. The van der Waals surface area contributed by atoms with Crippen LogP contribution in [-0.2, 0) is 4.79 Å². The lowest BCUT2D eigenvalue weighted by Crippen LogP contribution is -2.43. The molecule has 5 heteroatoms. The molecular formula is C12H26ClN3O. The highest BCUT2D eigenvalue weighted by Gasteiger charge is 2.24. The summed E-state index contributed by atoms with van der Waals surface area (Å²) in [4.78, 5) is 16.0. The minimum absolute atomic E-state index is 0. The van der Waals surface area contributed by atoms with Gasteiger partial charge in [0.2, 0.25) is 5.91 Å². The van der Waals surface area contributed by atoms with E-state index < -0.39 is 0 Å². The number of rotatable bonds is 5. The lowest BCUT2D eigenvalue weighted by atomic mass is 10.1. The molecule has 102 valence electrons. The third-order valence-corrected chi connectivity index (χ3v) is 3.31. The summed E-state index contributed by atoms with van der Waals surface area (Å²) in [7, 11) is 4.00. The third kappa shape index (κ3) is 5.23. The van der Waals surface area contributed by atoms with Crippen LogP contribution in [0.2, 0.25) is 0 Å². The van der Waals surface area contributed by atoms with E-state index in [4.69, 9.17) is 5.73 Å². The van der Waals surface area contributed by atoms with Crippen molar-refractivity contribution in [1.29, 1.82) is 0 Å². The van der Waals surface area contributed by atoms with Crippen molar-refractivity contribution in [3.63, 3.8) is 0 Å². The van der Waals surface area contributed by atoms with Crippen molar-refractivity contribution in [2.75, 3.05) is 33.7 Å². The molecule has 1 aliphatic heterocycles. The van der Waals surface area contributed by atoms with Crippen LogP contribution >= 0.6 is 12.4 Å². The molecule has 0 aromatic heterocycles. The Hall–Kier alpha value is -0.320. The highest BCUT2D eigenvalue weighted by atomic mass is 35.5. The quantitative estimate of drug-likeness (QED) is 0.803. The molecule has 0 radical (unpaired) electrons. The molecule has 0 aliphatic carbocycles. The molecule has 0 spiro atoms. The summed E-state index contributed by atoms with van der Waals surface area (Å²) < 4.78 is 0. The summed E-state index contributed by atoms with van der Waals surface area (Å²) in [5, 5.41) is 0. The Kier molecular flexibility index (Phi) is 7.75. The third-order valence-electron chi connectivity index (χ3n) is 3.31. The number of likely N-dealkylation sites (N-methyl/N-ethyl adjacent to an activating group) is 1.